The number of likely N-dealkylation sites (N-methyl/N-ethyl adjacent to an activating group) is 2. The minimum absolute atomic E-state index is 0.0439. The van der Waals surface area contributed by atoms with Crippen LogP contribution in [0.1, 0.15) is 24.9 Å². The van der Waals surface area contributed by atoms with E-state index in [1.54, 1.807) is 11.9 Å². The van der Waals surface area contributed by atoms with Crippen molar-refractivity contribution in [1.29, 1.82) is 0 Å². The highest BCUT2D eigenvalue weighted by atomic mass is 16.4. The molecule has 0 aliphatic rings. The predicted molar refractivity (Wildman–Crippen MR) is 74.3 cm³/mol. The predicted octanol–water partition coefficient (Wildman–Crippen LogP) is 1.34. The number of carboxylic acids is 1. The summed E-state index contributed by atoms with van der Waals surface area (Å²) >= 11 is 0. The molecule has 0 atom stereocenters. The van der Waals surface area contributed by atoms with E-state index in [4.69, 9.17) is 9.52 Å². The van der Waals surface area contributed by atoms with Crippen LogP contribution in [0, 0.1) is 6.92 Å². The molecule has 0 aliphatic carbocycles. The highest BCUT2D eigenvalue weighted by Crippen LogP contribution is 2.09. The van der Waals surface area contributed by atoms with E-state index in [0.29, 0.717) is 19.6 Å². The number of hydrogen-bond donors (Lipinski definition) is 1. The summed E-state index contributed by atoms with van der Waals surface area (Å²) in [5.41, 5.74) is 0. The summed E-state index contributed by atoms with van der Waals surface area (Å²) < 4.78 is 5.43. The van der Waals surface area contributed by atoms with E-state index in [2.05, 4.69) is 0 Å². The summed E-state index contributed by atoms with van der Waals surface area (Å²) in [6.45, 7) is 5.43. The lowest BCUT2D eigenvalue weighted by atomic mass is 10.3. The molecule has 0 fully saturated rings. The van der Waals surface area contributed by atoms with Crippen molar-refractivity contribution in [2.75, 3.05) is 26.7 Å². The van der Waals surface area contributed by atoms with Gasteiger partial charge in [-0.15, -0.1) is 0 Å². The third kappa shape index (κ3) is 5.44. The van der Waals surface area contributed by atoms with E-state index < -0.39 is 5.97 Å². The molecule has 6 nitrogen and oxygen atoms in total. The Morgan fingerprint density at radius 1 is 1.35 bits per heavy atom. The number of aryl methyl sites for hydroxylation is 1. The van der Waals surface area contributed by atoms with Crippen LogP contribution in [0.2, 0.25) is 0 Å². The Hall–Kier alpha value is -1.82. The average molecular weight is 282 g/mol. The van der Waals surface area contributed by atoms with Crippen LogP contribution in [0.3, 0.4) is 0 Å². The van der Waals surface area contributed by atoms with Crippen molar-refractivity contribution in [3.05, 3.63) is 23.7 Å². The van der Waals surface area contributed by atoms with Crippen LogP contribution < -0.4 is 0 Å². The lowest BCUT2D eigenvalue weighted by Crippen LogP contribution is -2.38. The van der Waals surface area contributed by atoms with Gasteiger partial charge in [-0.1, -0.05) is 6.92 Å². The minimum atomic E-state index is -0.852. The maximum absolute atomic E-state index is 12.1. The molecular formula is C14H22N2O4. The largest absolute Gasteiger partial charge is 0.481 e. The normalized spacial score (nSPS) is 10.8. The van der Waals surface area contributed by atoms with Crippen molar-refractivity contribution in [3.8, 4) is 0 Å². The molecule has 1 aromatic heterocycles. The monoisotopic (exact) mass is 282 g/mol. The first-order chi connectivity index (χ1) is 9.42. The summed E-state index contributed by atoms with van der Waals surface area (Å²) in [5.74, 6) is 0.658. The van der Waals surface area contributed by atoms with Gasteiger partial charge < -0.3 is 14.4 Å². The van der Waals surface area contributed by atoms with Gasteiger partial charge in [0.2, 0.25) is 5.91 Å². The molecule has 0 aromatic carbocycles. The Bertz CT molecular complexity index is 456. The van der Waals surface area contributed by atoms with E-state index in [1.807, 2.05) is 30.9 Å². The Labute approximate surface area is 119 Å². The van der Waals surface area contributed by atoms with Crippen molar-refractivity contribution in [1.82, 2.24) is 9.80 Å². The molecule has 0 aliphatic heterocycles. The summed E-state index contributed by atoms with van der Waals surface area (Å²) in [6, 6.07) is 3.71. The molecule has 0 radical (unpaired) electrons. The molecule has 1 amide bonds. The molecule has 0 saturated heterocycles. The van der Waals surface area contributed by atoms with Gasteiger partial charge in [0, 0.05) is 13.6 Å². The van der Waals surface area contributed by atoms with Gasteiger partial charge in [-0.3, -0.25) is 14.5 Å². The number of rotatable bonds is 8. The van der Waals surface area contributed by atoms with Gasteiger partial charge in [-0.2, -0.15) is 0 Å². The van der Waals surface area contributed by atoms with Crippen molar-refractivity contribution < 1.29 is 19.1 Å². The zero-order valence-electron chi connectivity index (χ0n) is 12.3. The molecular weight excluding hydrogens is 260 g/mol. The third-order valence-electron chi connectivity index (χ3n) is 3.06. The van der Waals surface area contributed by atoms with Gasteiger partial charge in [0.1, 0.15) is 11.5 Å². The second-order valence-electron chi connectivity index (χ2n) is 4.77. The molecule has 0 spiro atoms. The van der Waals surface area contributed by atoms with Crippen molar-refractivity contribution >= 4 is 11.9 Å². The first kappa shape index (κ1) is 16.2. The number of carbonyl (C=O) groups excluding carboxylic acids is 1. The number of nitrogens with zero attached hydrogens (tertiary/aromatic N) is 2. The fourth-order valence-corrected chi connectivity index (χ4v) is 1.81. The first-order valence-corrected chi connectivity index (χ1v) is 6.65. The quantitative estimate of drug-likeness (QED) is 0.779. The molecule has 0 saturated carbocycles. The Balaban J connectivity index is 2.44. The molecule has 6 heteroatoms. The van der Waals surface area contributed by atoms with Gasteiger partial charge >= 0.3 is 5.97 Å². The number of carboxylic acid groups (broad SMARTS) is 1. The summed E-state index contributed by atoms with van der Waals surface area (Å²) in [7, 11) is 1.71. The number of amides is 1. The highest BCUT2D eigenvalue weighted by molar-refractivity contribution is 5.78. The molecule has 0 bridgehead atoms. The maximum atomic E-state index is 12.1. The standard InChI is InChI=1S/C14H22N2O4/c1-4-16(8-7-14(18)19)10-13(17)15(3)9-12-6-5-11(2)20-12/h5-6H,4,7-10H2,1-3H3,(H,18,19). The van der Waals surface area contributed by atoms with Crippen molar-refractivity contribution in [2.45, 2.75) is 26.8 Å². The van der Waals surface area contributed by atoms with E-state index in [1.165, 1.54) is 0 Å². The smallest absolute Gasteiger partial charge is 0.304 e. The van der Waals surface area contributed by atoms with Gasteiger partial charge in [0.25, 0.3) is 0 Å². The van der Waals surface area contributed by atoms with Gasteiger partial charge in [0.05, 0.1) is 19.5 Å². The Morgan fingerprint density at radius 3 is 2.55 bits per heavy atom. The number of furan rings is 1. The molecule has 1 N–H and O–H groups in total. The zero-order chi connectivity index (χ0) is 15.1. The van der Waals surface area contributed by atoms with Gasteiger partial charge in [-0.05, 0) is 25.6 Å². The number of carbonyl (C=O) groups is 2. The van der Waals surface area contributed by atoms with Gasteiger partial charge in [0.15, 0.2) is 0 Å². The lowest BCUT2D eigenvalue weighted by molar-refractivity contribution is -0.138. The molecule has 1 heterocycles. The second kappa shape index (κ2) is 7.69. The van der Waals surface area contributed by atoms with E-state index in [0.717, 1.165) is 11.5 Å². The molecule has 1 rings (SSSR count). The summed E-state index contributed by atoms with van der Waals surface area (Å²) in [4.78, 5) is 26.0. The summed E-state index contributed by atoms with van der Waals surface area (Å²) in [5, 5.41) is 8.66. The topological polar surface area (TPSA) is 74.0 Å². The maximum Gasteiger partial charge on any atom is 0.304 e. The fraction of sp³-hybridized carbons (Fsp3) is 0.571. The first-order valence-electron chi connectivity index (χ1n) is 6.65. The van der Waals surface area contributed by atoms with Crippen LogP contribution in [-0.2, 0) is 16.1 Å². The van der Waals surface area contributed by atoms with Crippen LogP contribution in [0.4, 0.5) is 0 Å². The third-order valence-corrected chi connectivity index (χ3v) is 3.06. The lowest BCUT2D eigenvalue weighted by Gasteiger charge is -2.22. The second-order valence-corrected chi connectivity index (χ2v) is 4.77. The molecule has 20 heavy (non-hydrogen) atoms. The zero-order valence-corrected chi connectivity index (χ0v) is 12.3. The van der Waals surface area contributed by atoms with Crippen molar-refractivity contribution in [3.63, 3.8) is 0 Å². The van der Waals surface area contributed by atoms with Crippen molar-refractivity contribution in [2.24, 2.45) is 0 Å². The van der Waals surface area contributed by atoms with Crippen LogP contribution in [-0.4, -0.2) is 53.5 Å². The SMILES string of the molecule is CCN(CCC(=O)O)CC(=O)N(C)Cc1ccc(C)o1. The molecule has 112 valence electrons. The van der Waals surface area contributed by atoms with Crippen LogP contribution in [0.15, 0.2) is 16.5 Å². The number of aliphatic carboxylic acids is 1. The summed E-state index contributed by atoms with van der Waals surface area (Å²) in [6.07, 6.45) is 0.0439. The van der Waals surface area contributed by atoms with Crippen LogP contribution in [0.25, 0.3) is 0 Å². The van der Waals surface area contributed by atoms with Crippen LogP contribution >= 0.6 is 0 Å². The number of hydrogen-bond acceptors (Lipinski definition) is 4. The van der Waals surface area contributed by atoms with Crippen LogP contribution in [0.5, 0.6) is 0 Å². The molecule has 0 unspecified atom stereocenters. The molecule has 1 aromatic rings. The van der Waals surface area contributed by atoms with E-state index in [-0.39, 0.29) is 18.9 Å². The average Bonchev–Trinajstić information content (AvgIpc) is 2.79. The van der Waals surface area contributed by atoms with E-state index >= 15 is 0 Å². The fourth-order valence-electron chi connectivity index (χ4n) is 1.81. The highest BCUT2D eigenvalue weighted by Gasteiger charge is 2.15. The van der Waals surface area contributed by atoms with E-state index in [9.17, 15) is 9.59 Å². The Morgan fingerprint density at radius 2 is 2.05 bits per heavy atom. The van der Waals surface area contributed by atoms with Gasteiger partial charge in [-0.25, -0.2) is 0 Å². The Kier molecular flexibility index (Phi) is 6.24. The minimum Gasteiger partial charge on any atom is -0.481 e.